The highest BCUT2D eigenvalue weighted by atomic mass is 19.1. The Bertz CT molecular complexity index is 1190. The predicted molar refractivity (Wildman–Crippen MR) is 122 cm³/mol. The summed E-state index contributed by atoms with van der Waals surface area (Å²) in [6.07, 6.45) is 0. The van der Waals surface area contributed by atoms with E-state index in [0.29, 0.717) is 31.0 Å². The van der Waals surface area contributed by atoms with Crippen LogP contribution in [-0.4, -0.2) is 10.8 Å². The minimum absolute atomic E-state index is 0.192. The number of hydrogen-bond acceptors (Lipinski definition) is 3. The molecule has 4 aromatic rings. The molecular weight excluding hydrogens is 422 g/mol. The van der Waals surface area contributed by atoms with Gasteiger partial charge in [-0.2, -0.15) is 0 Å². The lowest BCUT2D eigenvalue weighted by atomic mass is 10.1. The third kappa shape index (κ3) is 6.37. The topological polar surface area (TPSA) is 45.5 Å². The fourth-order valence-corrected chi connectivity index (χ4v) is 3.55. The van der Waals surface area contributed by atoms with Crippen LogP contribution < -0.4 is 5.32 Å². The van der Waals surface area contributed by atoms with Gasteiger partial charge in [-0.3, -0.25) is 9.69 Å². The number of rotatable bonds is 9. The lowest BCUT2D eigenvalue weighted by molar-refractivity contribution is 0.0918. The number of halogens is 2. The highest BCUT2D eigenvalue weighted by Crippen LogP contribution is 2.18. The molecule has 1 heterocycles. The van der Waals surface area contributed by atoms with Crippen LogP contribution in [0.3, 0.4) is 0 Å². The molecule has 0 bridgehead atoms. The third-order valence-corrected chi connectivity index (χ3v) is 5.23. The SMILES string of the molecule is O=C(NCc1ccc(F)cc1)c1ccc(CN(Cc2ccccc2)Cc2ccccc2F)o1. The van der Waals surface area contributed by atoms with E-state index >= 15 is 0 Å². The van der Waals surface area contributed by atoms with Gasteiger partial charge >= 0.3 is 0 Å². The number of benzene rings is 3. The first-order valence-corrected chi connectivity index (χ1v) is 10.7. The standard InChI is InChI=1S/C27H24F2N2O2/c28-23-12-10-20(11-13-23)16-30-27(32)26-15-14-24(33-26)19-31(17-21-6-2-1-3-7-21)18-22-8-4-5-9-25(22)29/h1-15H,16-19H2,(H,30,32). The monoisotopic (exact) mass is 446 g/mol. The van der Waals surface area contributed by atoms with Crippen LogP contribution in [-0.2, 0) is 26.2 Å². The van der Waals surface area contributed by atoms with Gasteiger partial charge in [0.2, 0.25) is 0 Å². The summed E-state index contributed by atoms with van der Waals surface area (Å²) >= 11 is 0. The van der Waals surface area contributed by atoms with Gasteiger partial charge in [0.1, 0.15) is 17.4 Å². The molecule has 33 heavy (non-hydrogen) atoms. The van der Waals surface area contributed by atoms with E-state index in [9.17, 15) is 13.6 Å². The van der Waals surface area contributed by atoms with Crippen molar-refractivity contribution in [2.24, 2.45) is 0 Å². The number of amides is 1. The zero-order chi connectivity index (χ0) is 23.0. The van der Waals surface area contributed by atoms with Gasteiger partial charge in [0.25, 0.3) is 5.91 Å². The first kappa shape index (κ1) is 22.4. The molecular formula is C27H24F2N2O2. The van der Waals surface area contributed by atoms with Crippen molar-refractivity contribution in [3.8, 4) is 0 Å². The third-order valence-electron chi connectivity index (χ3n) is 5.23. The predicted octanol–water partition coefficient (Wildman–Crippen LogP) is 5.69. The molecule has 6 heteroatoms. The van der Waals surface area contributed by atoms with E-state index < -0.39 is 0 Å². The summed E-state index contributed by atoms with van der Waals surface area (Å²) in [7, 11) is 0. The molecule has 4 nitrogen and oxygen atoms in total. The van der Waals surface area contributed by atoms with E-state index in [-0.39, 0.29) is 29.8 Å². The fraction of sp³-hybridized carbons (Fsp3) is 0.148. The maximum absolute atomic E-state index is 14.3. The summed E-state index contributed by atoms with van der Waals surface area (Å²) in [6, 6.07) is 25.9. The molecule has 168 valence electrons. The van der Waals surface area contributed by atoms with Crippen molar-refractivity contribution in [1.82, 2.24) is 10.2 Å². The lowest BCUT2D eigenvalue weighted by Gasteiger charge is -2.22. The maximum Gasteiger partial charge on any atom is 0.287 e. The van der Waals surface area contributed by atoms with Gasteiger partial charge < -0.3 is 9.73 Å². The van der Waals surface area contributed by atoms with E-state index in [1.54, 1.807) is 36.4 Å². The van der Waals surface area contributed by atoms with Crippen molar-refractivity contribution in [1.29, 1.82) is 0 Å². The highest BCUT2D eigenvalue weighted by Gasteiger charge is 2.16. The van der Waals surface area contributed by atoms with E-state index in [1.807, 2.05) is 36.4 Å². The normalized spacial score (nSPS) is 11.0. The summed E-state index contributed by atoms with van der Waals surface area (Å²) in [6.45, 7) is 1.67. The molecule has 4 rings (SSSR count). The number of nitrogens with zero attached hydrogens (tertiary/aromatic N) is 1. The number of hydrogen-bond donors (Lipinski definition) is 1. The molecule has 0 radical (unpaired) electrons. The van der Waals surface area contributed by atoms with Gasteiger partial charge in [-0.25, -0.2) is 8.78 Å². The Labute approximate surface area is 191 Å². The molecule has 1 N–H and O–H groups in total. The van der Waals surface area contributed by atoms with Crippen LogP contribution in [0.2, 0.25) is 0 Å². The summed E-state index contributed by atoms with van der Waals surface area (Å²) in [5, 5.41) is 2.77. The zero-order valence-electron chi connectivity index (χ0n) is 18.0. The zero-order valence-corrected chi connectivity index (χ0v) is 18.0. The largest absolute Gasteiger partial charge is 0.455 e. The summed E-state index contributed by atoms with van der Waals surface area (Å²) in [4.78, 5) is 14.5. The van der Waals surface area contributed by atoms with Crippen LogP contribution in [0.15, 0.2) is 95.4 Å². The van der Waals surface area contributed by atoms with Crippen molar-refractivity contribution in [2.75, 3.05) is 0 Å². The molecule has 3 aromatic carbocycles. The minimum atomic E-state index is -0.353. The van der Waals surface area contributed by atoms with E-state index in [2.05, 4.69) is 10.2 Å². The van der Waals surface area contributed by atoms with E-state index in [0.717, 1.165) is 11.1 Å². The second kappa shape index (κ2) is 10.7. The van der Waals surface area contributed by atoms with Gasteiger partial charge in [-0.05, 0) is 41.5 Å². The molecule has 0 aliphatic rings. The molecule has 1 aromatic heterocycles. The van der Waals surface area contributed by atoms with E-state index in [4.69, 9.17) is 4.42 Å². The van der Waals surface area contributed by atoms with Gasteiger partial charge in [-0.15, -0.1) is 0 Å². The molecule has 0 spiro atoms. The maximum atomic E-state index is 14.3. The number of carbonyl (C=O) groups excluding carboxylic acids is 1. The summed E-state index contributed by atoms with van der Waals surface area (Å²) in [5.41, 5.74) is 2.48. The molecule has 0 saturated heterocycles. The lowest BCUT2D eigenvalue weighted by Crippen LogP contribution is -2.23. The molecule has 0 fully saturated rings. The van der Waals surface area contributed by atoms with Gasteiger partial charge in [0, 0.05) is 25.2 Å². The van der Waals surface area contributed by atoms with Crippen molar-refractivity contribution >= 4 is 5.91 Å². The minimum Gasteiger partial charge on any atom is -0.455 e. The van der Waals surface area contributed by atoms with Crippen LogP contribution in [0.4, 0.5) is 8.78 Å². The van der Waals surface area contributed by atoms with Crippen molar-refractivity contribution in [3.05, 3.63) is 131 Å². The summed E-state index contributed by atoms with van der Waals surface area (Å²) in [5.74, 6) is -0.131. The van der Waals surface area contributed by atoms with Crippen molar-refractivity contribution in [3.63, 3.8) is 0 Å². The van der Waals surface area contributed by atoms with Crippen LogP contribution >= 0.6 is 0 Å². The number of nitrogens with one attached hydrogen (secondary N) is 1. The number of furan rings is 1. The molecule has 1 amide bonds. The van der Waals surface area contributed by atoms with Crippen LogP contribution in [0.1, 0.15) is 33.0 Å². The molecule has 0 atom stereocenters. The van der Waals surface area contributed by atoms with E-state index in [1.165, 1.54) is 18.2 Å². The van der Waals surface area contributed by atoms with Gasteiger partial charge in [0.15, 0.2) is 5.76 Å². The van der Waals surface area contributed by atoms with Crippen molar-refractivity contribution < 1.29 is 18.0 Å². The molecule has 0 aliphatic heterocycles. The Kier molecular flexibility index (Phi) is 7.27. The Morgan fingerprint density at radius 3 is 2.24 bits per heavy atom. The average molecular weight is 446 g/mol. The van der Waals surface area contributed by atoms with Crippen molar-refractivity contribution in [2.45, 2.75) is 26.2 Å². The van der Waals surface area contributed by atoms with Gasteiger partial charge in [-0.1, -0.05) is 60.7 Å². The highest BCUT2D eigenvalue weighted by molar-refractivity contribution is 5.91. The quantitative estimate of drug-likeness (QED) is 0.359. The average Bonchev–Trinajstić information content (AvgIpc) is 3.29. The second-order valence-corrected chi connectivity index (χ2v) is 7.80. The Morgan fingerprint density at radius 2 is 1.48 bits per heavy atom. The Balaban J connectivity index is 1.43. The van der Waals surface area contributed by atoms with Crippen LogP contribution in [0, 0.1) is 11.6 Å². The first-order valence-electron chi connectivity index (χ1n) is 10.7. The summed E-state index contributed by atoms with van der Waals surface area (Å²) < 4.78 is 33.1. The molecule has 0 unspecified atom stereocenters. The smallest absolute Gasteiger partial charge is 0.287 e. The second-order valence-electron chi connectivity index (χ2n) is 7.80. The van der Waals surface area contributed by atoms with Crippen LogP contribution in [0.25, 0.3) is 0 Å². The Hall–Kier alpha value is -3.77. The molecule has 0 aliphatic carbocycles. The molecule has 0 saturated carbocycles. The Morgan fingerprint density at radius 1 is 0.758 bits per heavy atom. The number of carbonyl (C=O) groups is 1. The van der Waals surface area contributed by atoms with Crippen LogP contribution in [0.5, 0.6) is 0 Å². The van der Waals surface area contributed by atoms with Gasteiger partial charge in [0.05, 0.1) is 6.54 Å². The fourth-order valence-electron chi connectivity index (χ4n) is 3.55. The first-order chi connectivity index (χ1) is 16.1.